The number of ether oxygens (including phenoxy) is 2. The van der Waals surface area contributed by atoms with E-state index in [1.54, 1.807) is 19.2 Å². The van der Waals surface area contributed by atoms with Gasteiger partial charge in [-0.05, 0) is 6.92 Å². The molecule has 0 atom stereocenters. The number of rotatable bonds is 3. The van der Waals surface area contributed by atoms with Gasteiger partial charge in [0.15, 0.2) is 5.69 Å². The minimum atomic E-state index is -0.456. The van der Waals surface area contributed by atoms with Gasteiger partial charge in [-0.2, -0.15) is 5.10 Å². The van der Waals surface area contributed by atoms with Gasteiger partial charge in [0.1, 0.15) is 0 Å². The average Bonchev–Trinajstić information content (AvgIpc) is 2.71. The summed E-state index contributed by atoms with van der Waals surface area (Å²) in [6.45, 7) is 2.06. The number of nitrogens with one attached hydrogen (secondary N) is 1. The average molecular weight is 221 g/mol. The highest BCUT2D eigenvalue weighted by atomic mass is 16.5. The number of carbonyl (C=O) groups is 1. The lowest BCUT2D eigenvalue weighted by atomic mass is 10.2. The normalized spacial score (nSPS) is 10.4. The summed E-state index contributed by atoms with van der Waals surface area (Å²) >= 11 is 0. The van der Waals surface area contributed by atoms with Crippen LogP contribution >= 0.6 is 0 Å². The molecule has 0 fully saturated rings. The van der Waals surface area contributed by atoms with Crippen LogP contribution in [0.3, 0.4) is 0 Å². The smallest absolute Gasteiger partial charge is 0.359 e. The molecule has 0 amide bonds. The molecular formula is C10H11N3O3. The van der Waals surface area contributed by atoms with Gasteiger partial charge in [-0.15, -0.1) is 0 Å². The molecule has 2 aromatic rings. The number of aromatic amines is 1. The maximum Gasteiger partial charge on any atom is 0.359 e. The van der Waals surface area contributed by atoms with Gasteiger partial charge in [-0.25, -0.2) is 9.78 Å². The first kappa shape index (κ1) is 10.4. The highest BCUT2D eigenvalue weighted by Gasteiger charge is 2.15. The van der Waals surface area contributed by atoms with Gasteiger partial charge >= 0.3 is 5.97 Å². The van der Waals surface area contributed by atoms with Crippen LogP contribution in [0.1, 0.15) is 17.4 Å². The molecule has 0 radical (unpaired) electrons. The summed E-state index contributed by atoms with van der Waals surface area (Å²) in [6, 6.07) is 1.64. The standard InChI is InChI=1S/C10H11N3O3/c1-3-16-10(14)9-6-4-8(15-2)11-5-7(6)12-13-9/h4-5H,3H2,1-2H3,(H,12,13). The minimum Gasteiger partial charge on any atom is -0.481 e. The topological polar surface area (TPSA) is 77.1 Å². The van der Waals surface area contributed by atoms with Crippen molar-refractivity contribution in [3.63, 3.8) is 0 Å². The van der Waals surface area contributed by atoms with Crippen LogP contribution in [0, 0.1) is 0 Å². The zero-order valence-electron chi connectivity index (χ0n) is 8.98. The van der Waals surface area contributed by atoms with Crippen molar-refractivity contribution in [1.29, 1.82) is 0 Å². The van der Waals surface area contributed by atoms with E-state index in [0.29, 0.717) is 23.4 Å². The fraction of sp³-hybridized carbons (Fsp3) is 0.300. The summed E-state index contributed by atoms with van der Waals surface area (Å²) in [7, 11) is 1.51. The molecule has 84 valence electrons. The molecule has 2 aromatic heterocycles. The second kappa shape index (κ2) is 4.18. The van der Waals surface area contributed by atoms with Crippen LogP contribution in [0.5, 0.6) is 5.88 Å². The Bertz CT molecular complexity index is 521. The maximum atomic E-state index is 11.6. The first-order valence-corrected chi connectivity index (χ1v) is 4.81. The van der Waals surface area contributed by atoms with E-state index in [1.165, 1.54) is 7.11 Å². The van der Waals surface area contributed by atoms with E-state index in [2.05, 4.69) is 15.2 Å². The van der Waals surface area contributed by atoms with Gasteiger partial charge in [0.05, 0.1) is 25.4 Å². The molecule has 6 heteroatoms. The molecule has 0 aliphatic carbocycles. The van der Waals surface area contributed by atoms with Crippen LogP contribution in [-0.2, 0) is 4.74 Å². The van der Waals surface area contributed by atoms with Crippen molar-refractivity contribution in [3.05, 3.63) is 18.0 Å². The van der Waals surface area contributed by atoms with Gasteiger partial charge in [0.25, 0.3) is 0 Å². The van der Waals surface area contributed by atoms with Gasteiger partial charge in [0.2, 0.25) is 5.88 Å². The van der Waals surface area contributed by atoms with E-state index >= 15 is 0 Å². The number of pyridine rings is 1. The molecule has 2 heterocycles. The number of methoxy groups -OCH3 is 1. The third-order valence-electron chi connectivity index (χ3n) is 2.10. The number of hydrogen-bond donors (Lipinski definition) is 1. The molecule has 0 aromatic carbocycles. The van der Waals surface area contributed by atoms with E-state index in [4.69, 9.17) is 9.47 Å². The largest absolute Gasteiger partial charge is 0.481 e. The molecule has 0 spiro atoms. The van der Waals surface area contributed by atoms with Crippen molar-refractivity contribution in [3.8, 4) is 5.88 Å². The SMILES string of the molecule is CCOC(=O)c1n[nH]c2cnc(OC)cc12. The van der Waals surface area contributed by atoms with Gasteiger partial charge in [0, 0.05) is 11.5 Å². The molecule has 0 saturated carbocycles. The third kappa shape index (κ3) is 1.69. The number of aromatic nitrogens is 3. The predicted molar refractivity (Wildman–Crippen MR) is 56.4 cm³/mol. The Morgan fingerprint density at radius 3 is 3.06 bits per heavy atom. The monoisotopic (exact) mass is 221 g/mol. The Balaban J connectivity index is 2.49. The summed E-state index contributed by atoms with van der Waals surface area (Å²) in [5.74, 6) is -0.0264. The molecule has 0 unspecified atom stereocenters. The Labute approximate surface area is 91.6 Å². The lowest BCUT2D eigenvalue weighted by molar-refractivity contribution is 0.0521. The van der Waals surface area contributed by atoms with Crippen LogP contribution in [0.15, 0.2) is 12.3 Å². The predicted octanol–water partition coefficient (Wildman–Crippen LogP) is 1.14. The van der Waals surface area contributed by atoms with Crippen molar-refractivity contribution in [2.24, 2.45) is 0 Å². The fourth-order valence-electron chi connectivity index (χ4n) is 1.36. The zero-order chi connectivity index (χ0) is 11.5. The van der Waals surface area contributed by atoms with Crippen LogP contribution < -0.4 is 4.74 Å². The number of fused-ring (bicyclic) bond motifs is 1. The molecule has 0 aliphatic rings. The van der Waals surface area contributed by atoms with E-state index in [0.717, 1.165) is 0 Å². The lowest BCUT2D eigenvalue weighted by Crippen LogP contribution is -2.05. The number of hydrogen-bond acceptors (Lipinski definition) is 5. The fourth-order valence-corrected chi connectivity index (χ4v) is 1.36. The Kier molecular flexibility index (Phi) is 2.72. The lowest BCUT2D eigenvalue weighted by Gasteiger charge is -1.99. The zero-order valence-corrected chi connectivity index (χ0v) is 8.98. The number of carbonyl (C=O) groups excluding carboxylic acids is 1. The first-order chi connectivity index (χ1) is 7.76. The van der Waals surface area contributed by atoms with Crippen molar-refractivity contribution >= 4 is 16.9 Å². The molecule has 16 heavy (non-hydrogen) atoms. The summed E-state index contributed by atoms with van der Waals surface area (Å²) in [6.07, 6.45) is 1.56. The van der Waals surface area contributed by atoms with E-state index in [-0.39, 0.29) is 5.69 Å². The minimum absolute atomic E-state index is 0.248. The van der Waals surface area contributed by atoms with Crippen LogP contribution in [0.25, 0.3) is 10.9 Å². The molecule has 0 bridgehead atoms. The van der Waals surface area contributed by atoms with Crippen molar-refractivity contribution < 1.29 is 14.3 Å². The van der Waals surface area contributed by atoms with Crippen molar-refractivity contribution in [2.75, 3.05) is 13.7 Å². The molecule has 6 nitrogen and oxygen atoms in total. The van der Waals surface area contributed by atoms with Gasteiger partial charge < -0.3 is 9.47 Å². The Morgan fingerprint density at radius 1 is 1.56 bits per heavy atom. The first-order valence-electron chi connectivity index (χ1n) is 4.81. The summed E-state index contributed by atoms with van der Waals surface area (Å²) in [5, 5.41) is 7.25. The van der Waals surface area contributed by atoms with E-state index < -0.39 is 5.97 Å². The quantitative estimate of drug-likeness (QED) is 0.786. The summed E-state index contributed by atoms with van der Waals surface area (Å²) in [5.41, 5.74) is 0.918. The molecule has 1 N–H and O–H groups in total. The molecule has 0 aliphatic heterocycles. The van der Waals surface area contributed by atoms with Crippen LogP contribution in [-0.4, -0.2) is 34.9 Å². The van der Waals surface area contributed by atoms with Gasteiger partial charge in [-0.1, -0.05) is 0 Å². The van der Waals surface area contributed by atoms with Gasteiger partial charge in [-0.3, -0.25) is 5.10 Å². The summed E-state index contributed by atoms with van der Waals surface area (Å²) < 4.78 is 9.87. The van der Waals surface area contributed by atoms with Crippen LogP contribution in [0.2, 0.25) is 0 Å². The van der Waals surface area contributed by atoms with E-state index in [9.17, 15) is 4.79 Å². The maximum absolute atomic E-state index is 11.6. The highest BCUT2D eigenvalue weighted by Crippen LogP contribution is 2.19. The van der Waals surface area contributed by atoms with E-state index in [1.807, 2.05) is 0 Å². The Hall–Kier alpha value is -2.11. The number of esters is 1. The number of nitrogens with zero attached hydrogens (tertiary/aromatic N) is 2. The Morgan fingerprint density at radius 2 is 2.38 bits per heavy atom. The second-order valence-electron chi connectivity index (χ2n) is 3.06. The summed E-state index contributed by atoms with van der Waals surface area (Å²) in [4.78, 5) is 15.6. The van der Waals surface area contributed by atoms with Crippen LogP contribution in [0.4, 0.5) is 0 Å². The molecule has 0 saturated heterocycles. The van der Waals surface area contributed by atoms with Crippen molar-refractivity contribution in [2.45, 2.75) is 6.92 Å². The number of H-pyrrole nitrogens is 1. The second-order valence-corrected chi connectivity index (χ2v) is 3.06. The van der Waals surface area contributed by atoms with Crippen molar-refractivity contribution in [1.82, 2.24) is 15.2 Å². The third-order valence-corrected chi connectivity index (χ3v) is 2.10. The molecule has 2 rings (SSSR count). The molecular weight excluding hydrogens is 210 g/mol. The highest BCUT2D eigenvalue weighted by molar-refractivity contribution is 6.01.